The molecule has 0 fully saturated rings. The van der Waals surface area contributed by atoms with Crippen LogP contribution in [0, 0.1) is 11.3 Å². The smallest absolute Gasteiger partial charge is 0.229 e. The third-order valence-electron chi connectivity index (χ3n) is 3.66. The zero-order valence-corrected chi connectivity index (χ0v) is 12.2. The molecule has 0 N–H and O–H groups in total. The van der Waals surface area contributed by atoms with E-state index in [1.807, 2.05) is 24.3 Å². The number of aromatic nitrogens is 4. The number of benzene rings is 1. The van der Waals surface area contributed by atoms with Gasteiger partial charge in [-0.25, -0.2) is 9.97 Å². The van der Waals surface area contributed by atoms with E-state index >= 15 is 0 Å². The zero-order valence-electron chi connectivity index (χ0n) is 11.4. The summed E-state index contributed by atoms with van der Waals surface area (Å²) in [5.74, 6) is 0. The molecule has 6 nitrogen and oxygen atoms in total. The number of hydrogen-bond acceptors (Lipinski definition) is 4. The fourth-order valence-electron chi connectivity index (χ4n) is 2.60. The molecule has 0 aliphatic rings. The highest BCUT2D eigenvalue weighted by molar-refractivity contribution is 6.29. The molecule has 4 aromatic rings. The van der Waals surface area contributed by atoms with E-state index in [0.29, 0.717) is 27.5 Å². The highest BCUT2D eigenvalue weighted by Crippen LogP contribution is 2.21. The van der Waals surface area contributed by atoms with Crippen LogP contribution in [0.5, 0.6) is 0 Å². The monoisotopic (exact) mass is 309 g/mol. The summed E-state index contributed by atoms with van der Waals surface area (Å²) in [6, 6.07) is 9.23. The predicted molar refractivity (Wildman–Crippen MR) is 83.0 cm³/mol. The number of hydrogen-bond donors (Lipinski definition) is 0. The molecule has 0 saturated heterocycles. The molecular formula is C15H8ClN5O. The van der Waals surface area contributed by atoms with Crippen molar-refractivity contribution >= 4 is 39.4 Å². The van der Waals surface area contributed by atoms with Gasteiger partial charge in [-0.1, -0.05) is 23.7 Å². The summed E-state index contributed by atoms with van der Waals surface area (Å²) in [5.41, 5.74) is 1.82. The highest BCUT2D eigenvalue weighted by Gasteiger charge is 2.18. The van der Waals surface area contributed by atoms with E-state index in [9.17, 15) is 10.1 Å². The lowest BCUT2D eigenvalue weighted by Crippen LogP contribution is -2.14. The second kappa shape index (κ2) is 4.29. The predicted octanol–water partition coefficient (Wildman–Crippen LogP) is 2.26. The number of para-hydroxylation sites is 2. The molecule has 0 spiro atoms. The third-order valence-corrected chi connectivity index (χ3v) is 4.01. The lowest BCUT2D eigenvalue weighted by molar-refractivity contribution is 0.951. The number of imidazole rings is 1. The van der Waals surface area contributed by atoms with E-state index in [0.717, 1.165) is 0 Å². The quantitative estimate of drug-likeness (QED) is 0.467. The van der Waals surface area contributed by atoms with Gasteiger partial charge in [-0.3, -0.25) is 9.20 Å². The molecule has 0 amide bonds. The molecule has 0 saturated carbocycles. The van der Waals surface area contributed by atoms with Crippen LogP contribution in [-0.2, 0) is 7.05 Å². The summed E-state index contributed by atoms with van der Waals surface area (Å²) in [4.78, 5) is 21.5. The normalized spacial score (nSPS) is 11.3. The topological polar surface area (TPSA) is 76.0 Å². The lowest BCUT2D eigenvalue weighted by Gasteiger charge is -2.05. The molecule has 106 valence electrons. The Bertz CT molecular complexity index is 1180. The maximum atomic E-state index is 12.6. The van der Waals surface area contributed by atoms with Crippen LogP contribution in [0.3, 0.4) is 0 Å². The molecule has 0 radical (unpaired) electrons. The van der Waals surface area contributed by atoms with Crippen molar-refractivity contribution in [1.82, 2.24) is 18.9 Å². The first-order valence-electron chi connectivity index (χ1n) is 6.48. The van der Waals surface area contributed by atoms with Crippen molar-refractivity contribution in [3.8, 4) is 6.07 Å². The van der Waals surface area contributed by atoms with Gasteiger partial charge in [0.25, 0.3) is 0 Å². The number of nitriles is 1. The van der Waals surface area contributed by atoms with Crippen LogP contribution in [-0.4, -0.2) is 18.9 Å². The SMILES string of the molecule is Cn1c(Cl)cn2c3nc4ccccc4nc3c(=O)c(C#N)c12. The van der Waals surface area contributed by atoms with Gasteiger partial charge in [-0.05, 0) is 12.1 Å². The maximum Gasteiger partial charge on any atom is 0.229 e. The van der Waals surface area contributed by atoms with Crippen molar-refractivity contribution in [2.75, 3.05) is 0 Å². The van der Waals surface area contributed by atoms with E-state index in [1.165, 1.54) is 0 Å². The average Bonchev–Trinajstić information content (AvgIpc) is 2.83. The Hall–Kier alpha value is -2.91. The molecule has 22 heavy (non-hydrogen) atoms. The number of aryl methyl sites for hydroxylation is 1. The molecule has 3 heterocycles. The molecule has 7 heteroatoms. The minimum absolute atomic E-state index is 0.00600. The number of nitrogens with zero attached hydrogens (tertiary/aromatic N) is 5. The Morgan fingerprint density at radius 1 is 1.23 bits per heavy atom. The summed E-state index contributed by atoms with van der Waals surface area (Å²) in [6.07, 6.45) is 1.63. The Balaban J connectivity index is 2.39. The maximum absolute atomic E-state index is 12.6. The number of rotatable bonds is 0. The first-order valence-corrected chi connectivity index (χ1v) is 6.85. The van der Waals surface area contributed by atoms with Gasteiger partial charge >= 0.3 is 0 Å². The Labute approximate surface area is 128 Å². The van der Waals surface area contributed by atoms with Gasteiger partial charge in [0.15, 0.2) is 11.2 Å². The van der Waals surface area contributed by atoms with Crippen molar-refractivity contribution < 1.29 is 0 Å². The fourth-order valence-corrected chi connectivity index (χ4v) is 2.78. The highest BCUT2D eigenvalue weighted by atomic mass is 35.5. The molecule has 0 atom stereocenters. The minimum atomic E-state index is -0.436. The van der Waals surface area contributed by atoms with Crippen molar-refractivity contribution in [2.24, 2.45) is 7.05 Å². The van der Waals surface area contributed by atoms with E-state index < -0.39 is 5.43 Å². The summed E-state index contributed by atoms with van der Waals surface area (Å²) < 4.78 is 3.22. The number of halogens is 1. The Morgan fingerprint density at radius 3 is 2.59 bits per heavy atom. The van der Waals surface area contributed by atoms with Crippen LogP contribution in [0.15, 0.2) is 35.3 Å². The Morgan fingerprint density at radius 2 is 1.91 bits per heavy atom. The standard InChI is InChI=1S/C15H8ClN5O/c1-20-11(16)7-21-14-12(13(22)8(6-17)15(20)21)18-9-4-2-3-5-10(9)19-14/h2-5,7H,1H3. The molecule has 4 rings (SSSR count). The van der Waals surface area contributed by atoms with Crippen molar-refractivity contribution in [3.63, 3.8) is 0 Å². The van der Waals surface area contributed by atoms with Gasteiger partial charge < -0.3 is 4.57 Å². The van der Waals surface area contributed by atoms with Crippen LogP contribution >= 0.6 is 11.6 Å². The van der Waals surface area contributed by atoms with Crippen molar-refractivity contribution in [3.05, 3.63) is 51.4 Å². The summed E-state index contributed by atoms with van der Waals surface area (Å²) in [5, 5.41) is 9.76. The van der Waals surface area contributed by atoms with E-state index in [4.69, 9.17) is 11.6 Å². The Kier molecular flexibility index (Phi) is 2.50. The van der Waals surface area contributed by atoms with E-state index in [2.05, 4.69) is 9.97 Å². The van der Waals surface area contributed by atoms with E-state index in [-0.39, 0.29) is 11.1 Å². The molecule has 0 bridgehead atoms. The summed E-state index contributed by atoms with van der Waals surface area (Å²) >= 11 is 6.13. The second-order valence-corrected chi connectivity index (χ2v) is 5.29. The number of fused-ring (bicyclic) bond motifs is 4. The number of pyridine rings is 1. The van der Waals surface area contributed by atoms with Gasteiger partial charge in [0.1, 0.15) is 22.4 Å². The van der Waals surface area contributed by atoms with Crippen LogP contribution in [0.25, 0.3) is 27.8 Å². The first kappa shape index (κ1) is 12.8. The summed E-state index contributed by atoms with van der Waals surface area (Å²) in [7, 11) is 1.69. The fraction of sp³-hybridized carbons (Fsp3) is 0.0667. The van der Waals surface area contributed by atoms with Crippen molar-refractivity contribution in [1.29, 1.82) is 5.26 Å². The van der Waals surface area contributed by atoms with Gasteiger partial charge in [0, 0.05) is 13.2 Å². The van der Waals surface area contributed by atoms with Crippen molar-refractivity contribution in [2.45, 2.75) is 0 Å². The zero-order chi connectivity index (χ0) is 15.4. The van der Waals surface area contributed by atoms with Gasteiger partial charge in [-0.2, -0.15) is 5.26 Å². The summed E-state index contributed by atoms with van der Waals surface area (Å²) in [6.45, 7) is 0. The molecule has 0 aliphatic carbocycles. The van der Waals surface area contributed by atoms with Gasteiger partial charge in [-0.15, -0.1) is 0 Å². The van der Waals surface area contributed by atoms with Crippen LogP contribution in [0.4, 0.5) is 0 Å². The van der Waals surface area contributed by atoms with Crippen LogP contribution in [0.2, 0.25) is 5.15 Å². The molecule has 3 aromatic heterocycles. The molecule has 1 aromatic carbocycles. The van der Waals surface area contributed by atoms with E-state index in [1.54, 1.807) is 28.3 Å². The minimum Gasteiger partial charge on any atom is -0.319 e. The van der Waals surface area contributed by atoms with Gasteiger partial charge in [0.2, 0.25) is 5.43 Å². The first-order chi connectivity index (χ1) is 10.6. The largest absolute Gasteiger partial charge is 0.319 e. The van der Waals surface area contributed by atoms with Crippen LogP contribution in [0.1, 0.15) is 5.56 Å². The molecule has 0 unspecified atom stereocenters. The second-order valence-electron chi connectivity index (χ2n) is 4.90. The van der Waals surface area contributed by atoms with Crippen LogP contribution < -0.4 is 5.43 Å². The average molecular weight is 310 g/mol. The third kappa shape index (κ3) is 1.51. The molecule has 0 aliphatic heterocycles. The lowest BCUT2D eigenvalue weighted by atomic mass is 10.2. The molecular weight excluding hydrogens is 302 g/mol. The van der Waals surface area contributed by atoms with Gasteiger partial charge in [0.05, 0.1) is 11.0 Å².